The number of amides is 1. The molecule has 0 fully saturated rings. The van der Waals surface area contributed by atoms with Crippen LogP contribution in [0.3, 0.4) is 0 Å². The van der Waals surface area contributed by atoms with Crippen LogP contribution in [0.2, 0.25) is 0 Å². The second kappa shape index (κ2) is 8.69. The molecule has 0 saturated heterocycles. The van der Waals surface area contributed by atoms with E-state index in [-0.39, 0.29) is 17.8 Å². The summed E-state index contributed by atoms with van der Waals surface area (Å²) in [5.41, 5.74) is -1.22. The normalized spacial score (nSPS) is 12.3. The number of anilines is 1. The fourth-order valence-corrected chi connectivity index (χ4v) is 2.72. The number of H-pyrrole nitrogens is 1. The van der Waals surface area contributed by atoms with Crippen molar-refractivity contribution in [2.24, 2.45) is 12.0 Å². The van der Waals surface area contributed by atoms with Crippen LogP contribution in [0.4, 0.5) is 23.4 Å². The van der Waals surface area contributed by atoms with Crippen LogP contribution in [-0.4, -0.2) is 43.0 Å². The van der Waals surface area contributed by atoms with E-state index in [2.05, 4.69) is 30.9 Å². The number of nitrogens with one attached hydrogen (secondary N) is 3. The molecule has 2 heterocycles. The number of aromatic nitrogens is 4. The number of nitrogens with zero attached hydrogens (tertiary/aromatic N) is 4. The van der Waals surface area contributed by atoms with Gasteiger partial charge >= 0.3 is 6.18 Å². The van der Waals surface area contributed by atoms with Crippen LogP contribution in [0, 0.1) is 5.82 Å². The number of rotatable bonds is 4. The number of aromatic amines is 1. The van der Waals surface area contributed by atoms with Crippen LogP contribution in [0.15, 0.2) is 35.5 Å². The summed E-state index contributed by atoms with van der Waals surface area (Å²) in [6.07, 6.45) is -3.86. The van der Waals surface area contributed by atoms with Crippen LogP contribution < -0.4 is 10.6 Å². The van der Waals surface area contributed by atoms with E-state index < -0.39 is 34.9 Å². The van der Waals surface area contributed by atoms with E-state index in [1.54, 1.807) is 13.8 Å². The number of carbonyl (C=O) groups is 1. The zero-order valence-electron chi connectivity index (χ0n) is 17.1. The Hall–Kier alpha value is -3.90. The van der Waals surface area contributed by atoms with E-state index >= 15 is 0 Å². The number of aromatic hydroxyl groups is 1. The Morgan fingerprint density at radius 2 is 2.00 bits per heavy atom. The van der Waals surface area contributed by atoms with Crippen molar-refractivity contribution in [2.45, 2.75) is 26.1 Å². The van der Waals surface area contributed by atoms with Gasteiger partial charge in [0.25, 0.3) is 5.91 Å². The Balaban J connectivity index is 1.83. The van der Waals surface area contributed by atoms with Gasteiger partial charge in [-0.1, -0.05) is 0 Å². The molecule has 9 nitrogen and oxygen atoms in total. The van der Waals surface area contributed by atoms with Crippen molar-refractivity contribution in [1.29, 1.82) is 0 Å². The van der Waals surface area contributed by atoms with E-state index in [0.29, 0.717) is 11.3 Å². The predicted molar refractivity (Wildman–Crippen MR) is 108 cm³/mol. The van der Waals surface area contributed by atoms with Crippen LogP contribution >= 0.6 is 0 Å². The molecule has 170 valence electrons. The number of guanidine groups is 1. The van der Waals surface area contributed by atoms with E-state index in [9.17, 15) is 27.5 Å². The van der Waals surface area contributed by atoms with Crippen LogP contribution in [-0.2, 0) is 13.2 Å². The second-order valence-electron chi connectivity index (χ2n) is 7.05. The molecule has 3 aromatic rings. The lowest BCUT2D eigenvalue weighted by molar-refractivity contribution is -0.141. The summed E-state index contributed by atoms with van der Waals surface area (Å²) in [6.45, 7) is 3.41. The first-order valence-corrected chi connectivity index (χ1v) is 9.25. The number of benzene rings is 1. The standard InChI is InChI=1S/C19H19F4N7O2/c1-9(2)24-18(26-17(32)11-8-30(3)29-16(11)19(21,22)23)25-15-7-13(27-28-15)10-4-5-14(31)12(20)6-10/h4-9,31H,1-3H3,(H3,24,25,26,27,28,32). The molecule has 0 bridgehead atoms. The highest BCUT2D eigenvalue weighted by Crippen LogP contribution is 2.30. The molecule has 0 saturated carbocycles. The first kappa shape index (κ1) is 22.8. The van der Waals surface area contributed by atoms with Gasteiger partial charge in [-0.15, -0.1) is 0 Å². The van der Waals surface area contributed by atoms with Crippen molar-refractivity contribution in [1.82, 2.24) is 25.3 Å². The van der Waals surface area contributed by atoms with Gasteiger partial charge in [0.05, 0.1) is 11.3 Å². The molecule has 1 amide bonds. The van der Waals surface area contributed by atoms with Crippen molar-refractivity contribution in [3.05, 3.63) is 47.5 Å². The van der Waals surface area contributed by atoms with Crippen LogP contribution in [0.1, 0.15) is 29.9 Å². The lowest BCUT2D eigenvalue weighted by Crippen LogP contribution is -2.37. The number of hydrogen-bond acceptors (Lipinski definition) is 5. The number of hydrogen-bond donors (Lipinski definition) is 4. The fourth-order valence-electron chi connectivity index (χ4n) is 2.72. The zero-order chi connectivity index (χ0) is 23.6. The highest BCUT2D eigenvalue weighted by atomic mass is 19.4. The van der Waals surface area contributed by atoms with Gasteiger partial charge in [0.2, 0.25) is 5.96 Å². The molecule has 0 spiro atoms. The van der Waals surface area contributed by atoms with Crippen LogP contribution in [0.5, 0.6) is 5.75 Å². The zero-order valence-corrected chi connectivity index (χ0v) is 17.1. The van der Waals surface area contributed by atoms with Gasteiger partial charge in [0.15, 0.2) is 23.1 Å². The Morgan fingerprint density at radius 3 is 2.62 bits per heavy atom. The van der Waals surface area contributed by atoms with E-state index in [1.807, 2.05) is 0 Å². The molecule has 13 heteroatoms. The molecule has 0 atom stereocenters. The third kappa shape index (κ3) is 5.22. The molecule has 0 radical (unpaired) electrons. The van der Waals surface area contributed by atoms with Gasteiger partial charge in [-0.25, -0.2) is 9.38 Å². The number of carbonyl (C=O) groups excluding carboxylic acids is 1. The lowest BCUT2D eigenvalue weighted by atomic mass is 10.1. The van der Waals surface area contributed by atoms with Gasteiger partial charge in [-0.3, -0.25) is 19.9 Å². The number of halogens is 4. The summed E-state index contributed by atoms with van der Waals surface area (Å²) in [5, 5.41) is 24.3. The third-order valence-corrected chi connectivity index (χ3v) is 4.04. The number of phenols is 1. The lowest BCUT2D eigenvalue weighted by Gasteiger charge is -2.11. The van der Waals surface area contributed by atoms with Gasteiger partial charge in [0.1, 0.15) is 0 Å². The summed E-state index contributed by atoms with van der Waals surface area (Å²) < 4.78 is 54.0. The molecular formula is C19H19F4N7O2. The molecule has 3 rings (SSSR count). The summed E-state index contributed by atoms with van der Waals surface area (Å²) in [4.78, 5) is 16.7. The Morgan fingerprint density at radius 1 is 1.28 bits per heavy atom. The maximum absolute atomic E-state index is 13.6. The topological polar surface area (TPSA) is 120 Å². The predicted octanol–water partition coefficient (Wildman–Crippen LogP) is 3.28. The number of alkyl halides is 3. The highest BCUT2D eigenvalue weighted by Gasteiger charge is 2.39. The number of aliphatic imine (C=N–C) groups is 1. The van der Waals surface area contributed by atoms with E-state index in [0.717, 1.165) is 16.9 Å². The fraction of sp³-hybridized carbons (Fsp3) is 0.263. The van der Waals surface area contributed by atoms with E-state index in [4.69, 9.17) is 0 Å². The average molecular weight is 453 g/mol. The molecule has 32 heavy (non-hydrogen) atoms. The van der Waals surface area contributed by atoms with Gasteiger partial charge in [-0.05, 0) is 32.0 Å². The molecule has 1 aromatic carbocycles. The first-order valence-electron chi connectivity index (χ1n) is 9.25. The Bertz CT molecular complexity index is 1160. The minimum absolute atomic E-state index is 0.142. The van der Waals surface area contributed by atoms with Crippen LogP contribution in [0.25, 0.3) is 11.3 Å². The molecular weight excluding hydrogens is 434 g/mol. The first-order chi connectivity index (χ1) is 14.9. The maximum Gasteiger partial charge on any atom is 0.435 e. The summed E-state index contributed by atoms with van der Waals surface area (Å²) in [7, 11) is 1.27. The third-order valence-electron chi connectivity index (χ3n) is 4.04. The van der Waals surface area contributed by atoms with Gasteiger partial charge in [0, 0.05) is 30.9 Å². The Kier molecular flexibility index (Phi) is 6.18. The summed E-state index contributed by atoms with van der Waals surface area (Å²) in [6, 6.07) is 4.88. The minimum Gasteiger partial charge on any atom is -0.505 e. The summed E-state index contributed by atoms with van der Waals surface area (Å²) >= 11 is 0. The molecule has 0 aliphatic heterocycles. The molecule has 0 unspecified atom stereocenters. The van der Waals surface area contributed by atoms with Gasteiger partial charge < -0.3 is 10.4 Å². The second-order valence-corrected chi connectivity index (χ2v) is 7.05. The molecule has 0 aliphatic carbocycles. The number of phenolic OH excluding ortho intramolecular Hbond substituents is 1. The monoisotopic (exact) mass is 453 g/mol. The smallest absolute Gasteiger partial charge is 0.435 e. The van der Waals surface area contributed by atoms with Gasteiger partial charge in [-0.2, -0.15) is 23.4 Å². The quantitative estimate of drug-likeness (QED) is 0.275. The Labute approximate surface area is 179 Å². The van der Waals surface area contributed by atoms with Crippen molar-refractivity contribution in [2.75, 3.05) is 5.32 Å². The minimum atomic E-state index is -4.81. The van der Waals surface area contributed by atoms with E-state index in [1.165, 1.54) is 25.2 Å². The maximum atomic E-state index is 13.6. The average Bonchev–Trinajstić information content (AvgIpc) is 3.30. The van der Waals surface area contributed by atoms with Crippen molar-refractivity contribution >= 4 is 17.7 Å². The summed E-state index contributed by atoms with van der Waals surface area (Å²) in [5.74, 6) is -2.37. The molecule has 2 aromatic heterocycles. The largest absolute Gasteiger partial charge is 0.505 e. The number of aryl methyl sites for hydroxylation is 1. The molecule has 4 N–H and O–H groups in total. The SMILES string of the molecule is CC(C)N=C(NC(=O)c1cn(C)nc1C(F)(F)F)Nc1cc(-c2ccc(O)c(F)c2)[nH]n1. The molecule has 0 aliphatic rings. The highest BCUT2D eigenvalue weighted by molar-refractivity contribution is 6.10. The van der Waals surface area contributed by atoms with Crippen molar-refractivity contribution < 1.29 is 27.5 Å². The van der Waals surface area contributed by atoms with Crippen molar-refractivity contribution in [3.63, 3.8) is 0 Å². The van der Waals surface area contributed by atoms with Crippen molar-refractivity contribution in [3.8, 4) is 17.0 Å².